The van der Waals surface area contributed by atoms with Crippen LogP contribution in [0.4, 0.5) is 5.82 Å². The average molecular weight is 581 g/mol. The van der Waals surface area contributed by atoms with Crippen molar-refractivity contribution < 1.29 is 4.79 Å². The molecule has 0 saturated carbocycles. The number of benzene rings is 3. The number of carbonyl (C=O) groups excluding carboxylic acids is 1. The van der Waals surface area contributed by atoms with Crippen LogP contribution in [0.15, 0.2) is 89.5 Å². The molecule has 3 aromatic carbocycles. The topological polar surface area (TPSA) is 71.3 Å². The van der Waals surface area contributed by atoms with Gasteiger partial charge in [-0.25, -0.2) is 4.98 Å². The number of amides is 1. The first-order valence-electron chi connectivity index (χ1n) is 11.1. The number of carbonyl (C=O) groups is 1. The van der Waals surface area contributed by atoms with E-state index in [4.69, 9.17) is 28.2 Å². The minimum atomic E-state index is -0.209. The Hall–Kier alpha value is -3.39. The number of hydrogen-bond acceptors (Lipinski definition) is 4. The smallest absolute Gasteiger partial charge is 0.253 e. The fraction of sp³-hybridized carbons (Fsp3) is 0.0741. The van der Waals surface area contributed by atoms with Gasteiger partial charge in [0.2, 0.25) is 0 Å². The van der Waals surface area contributed by atoms with Crippen molar-refractivity contribution in [2.24, 2.45) is 0 Å². The molecule has 0 radical (unpaired) electrons. The predicted molar refractivity (Wildman–Crippen MR) is 148 cm³/mol. The second-order valence-corrected chi connectivity index (χ2v) is 9.74. The van der Waals surface area contributed by atoms with Gasteiger partial charge >= 0.3 is 0 Å². The molecule has 1 amide bonds. The fourth-order valence-electron chi connectivity index (χ4n) is 3.83. The maximum atomic E-state index is 12.5. The quantitative estimate of drug-likeness (QED) is 0.217. The predicted octanol–water partition coefficient (Wildman–Crippen LogP) is 7.01. The molecule has 36 heavy (non-hydrogen) atoms. The molecule has 2 aromatic heterocycles. The lowest BCUT2D eigenvalue weighted by Crippen LogP contribution is -2.23. The van der Waals surface area contributed by atoms with E-state index in [-0.39, 0.29) is 5.91 Å². The highest BCUT2D eigenvalue weighted by Crippen LogP contribution is 2.30. The zero-order valence-electron chi connectivity index (χ0n) is 18.9. The third-order valence-electron chi connectivity index (χ3n) is 5.62. The van der Waals surface area contributed by atoms with Crippen LogP contribution in [0, 0.1) is 0 Å². The maximum Gasteiger partial charge on any atom is 0.253 e. The van der Waals surface area contributed by atoms with Crippen LogP contribution < -0.4 is 10.6 Å². The van der Waals surface area contributed by atoms with Gasteiger partial charge in [0.25, 0.3) is 5.91 Å². The molecule has 5 rings (SSSR count). The Morgan fingerprint density at radius 3 is 2.39 bits per heavy atom. The Morgan fingerprint density at radius 1 is 0.889 bits per heavy atom. The molecule has 0 bridgehead atoms. The number of hydrogen-bond donors (Lipinski definition) is 2. The third-order valence-corrected chi connectivity index (χ3v) is 6.83. The average Bonchev–Trinajstić information content (AvgIpc) is 3.27. The van der Waals surface area contributed by atoms with Crippen molar-refractivity contribution >= 4 is 56.5 Å². The van der Waals surface area contributed by atoms with Crippen LogP contribution in [0.3, 0.4) is 0 Å². The summed E-state index contributed by atoms with van der Waals surface area (Å²) in [5, 5.41) is 11.9. The lowest BCUT2D eigenvalue weighted by Gasteiger charge is -2.13. The largest absolute Gasteiger partial charge is 0.366 e. The second kappa shape index (κ2) is 10.7. The summed E-state index contributed by atoms with van der Waals surface area (Å²) in [6.45, 7) is 0.936. The van der Waals surface area contributed by atoms with Crippen LogP contribution in [0.1, 0.15) is 21.5 Å². The molecule has 6 nitrogen and oxygen atoms in total. The Labute approximate surface area is 226 Å². The molecule has 0 aliphatic heterocycles. The molecule has 0 fully saturated rings. The first-order valence-corrected chi connectivity index (χ1v) is 12.7. The van der Waals surface area contributed by atoms with Gasteiger partial charge in [-0.05, 0) is 45.3 Å². The van der Waals surface area contributed by atoms with Crippen molar-refractivity contribution in [2.45, 2.75) is 13.1 Å². The van der Waals surface area contributed by atoms with E-state index in [1.807, 2.05) is 54.6 Å². The summed E-state index contributed by atoms with van der Waals surface area (Å²) in [6.07, 6.45) is 1.71. The first-order chi connectivity index (χ1) is 17.5. The van der Waals surface area contributed by atoms with Crippen molar-refractivity contribution in [3.05, 3.63) is 116 Å². The summed E-state index contributed by atoms with van der Waals surface area (Å²) in [5.41, 5.74) is 4.76. The van der Waals surface area contributed by atoms with Gasteiger partial charge in [-0.3, -0.25) is 4.79 Å². The lowest BCUT2D eigenvalue weighted by molar-refractivity contribution is 0.0951. The van der Waals surface area contributed by atoms with E-state index in [1.54, 1.807) is 35.0 Å². The number of fused-ring (bicyclic) bond motifs is 1. The molecule has 0 aliphatic carbocycles. The van der Waals surface area contributed by atoms with Gasteiger partial charge in [0.05, 0.1) is 26.9 Å². The van der Waals surface area contributed by atoms with Crippen molar-refractivity contribution in [3.8, 4) is 11.3 Å². The molecule has 180 valence electrons. The Kier molecular flexibility index (Phi) is 7.23. The van der Waals surface area contributed by atoms with Gasteiger partial charge in [-0.2, -0.15) is 9.61 Å². The van der Waals surface area contributed by atoms with Gasteiger partial charge in [0.1, 0.15) is 5.82 Å². The Balaban J connectivity index is 1.34. The van der Waals surface area contributed by atoms with E-state index in [9.17, 15) is 4.79 Å². The Bertz CT molecular complexity index is 1570. The molecule has 0 saturated heterocycles. The highest BCUT2D eigenvalue weighted by atomic mass is 79.9. The normalized spacial score (nSPS) is 11.0. The molecule has 0 aliphatic rings. The number of nitrogens with one attached hydrogen (secondary N) is 2. The third kappa shape index (κ3) is 5.23. The van der Waals surface area contributed by atoms with E-state index in [2.05, 4.69) is 31.7 Å². The molecule has 9 heteroatoms. The standard InChI is InChI=1S/C27H20BrCl2N5O/c28-21-16-33-35-25(13-24(34-26(21)35)19-8-1-3-10-22(19)29)31-14-17-6-5-7-18(12-17)15-32-27(36)20-9-2-4-11-23(20)30/h1-13,16,31H,14-15H2,(H,32,36). The highest BCUT2D eigenvalue weighted by molar-refractivity contribution is 9.10. The lowest BCUT2D eigenvalue weighted by atomic mass is 10.1. The van der Waals surface area contributed by atoms with Crippen LogP contribution >= 0.6 is 39.1 Å². The molecule has 0 unspecified atom stereocenters. The second-order valence-electron chi connectivity index (χ2n) is 8.07. The number of halogens is 3. The monoisotopic (exact) mass is 579 g/mol. The van der Waals surface area contributed by atoms with Crippen molar-refractivity contribution in [1.29, 1.82) is 0 Å². The fourth-order valence-corrected chi connectivity index (χ4v) is 4.64. The number of aromatic nitrogens is 3. The van der Waals surface area contributed by atoms with E-state index >= 15 is 0 Å². The van der Waals surface area contributed by atoms with Crippen LogP contribution in [0.2, 0.25) is 10.0 Å². The first kappa shape index (κ1) is 24.3. The summed E-state index contributed by atoms with van der Waals surface area (Å²) in [6, 6.07) is 24.6. The SMILES string of the molecule is O=C(NCc1cccc(CNc2cc(-c3ccccc3Cl)nc3c(Br)cnn23)c1)c1ccccc1Cl. The summed E-state index contributed by atoms with van der Waals surface area (Å²) >= 11 is 16.1. The van der Waals surface area contributed by atoms with Crippen molar-refractivity contribution in [1.82, 2.24) is 19.9 Å². The molecular formula is C27H20BrCl2N5O. The zero-order chi connectivity index (χ0) is 25.1. The van der Waals surface area contributed by atoms with Crippen molar-refractivity contribution in [2.75, 3.05) is 5.32 Å². The number of anilines is 1. The minimum Gasteiger partial charge on any atom is -0.366 e. The molecule has 2 heterocycles. The van der Waals surface area contributed by atoms with Crippen molar-refractivity contribution in [3.63, 3.8) is 0 Å². The number of rotatable bonds is 7. The summed E-state index contributed by atoms with van der Waals surface area (Å²) in [4.78, 5) is 17.2. The van der Waals surface area contributed by atoms with Crippen LogP contribution in [-0.2, 0) is 13.1 Å². The molecule has 0 atom stereocenters. The van der Waals surface area contributed by atoms with Gasteiger partial charge < -0.3 is 10.6 Å². The molecule has 5 aromatic rings. The molecule has 2 N–H and O–H groups in total. The summed E-state index contributed by atoms with van der Waals surface area (Å²) in [5.74, 6) is 0.567. The van der Waals surface area contributed by atoms with E-state index < -0.39 is 0 Å². The molecule has 0 spiro atoms. The van der Waals surface area contributed by atoms with E-state index in [1.165, 1.54) is 0 Å². The van der Waals surface area contributed by atoms with Gasteiger partial charge in [-0.1, -0.05) is 77.8 Å². The van der Waals surface area contributed by atoms with Gasteiger partial charge in [0.15, 0.2) is 5.65 Å². The number of nitrogens with zero attached hydrogens (tertiary/aromatic N) is 3. The zero-order valence-corrected chi connectivity index (χ0v) is 22.0. The van der Waals surface area contributed by atoms with Gasteiger partial charge in [-0.15, -0.1) is 0 Å². The molecular weight excluding hydrogens is 561 g/mol. The maximum absolute atomic E-state index is 12.5. The summed E-state index contributed by atoms with van der Waals surface area (Å²) < 4.78 is 2.54. The summed E-state index contributed by atoms with van der Waals surface area (Å²) in [7, 11) is 0. The van der Waals surface area contributed by atoms with Gasteiger partial charge in [0, 0.05) is 29.7 Å². The van der Waals surface area contributed by atoms with E-state index in [0.717, 1.165) is 32.7 Å². The minimum absolute atomic E-state index is 0.209. The Morgan fingerprint density at radius 2 is 1.61 bits per heavy atom. The highest BCUT2D eigenvalue weighted by Gasteiger charge is 2.14. The van der Waals surface area contributed by atoms with Crippen LogP contribution in [0.25, 0.3) is 16.9 Å². The van der Waals surface area contributed by atoms with E-state index in [0.29, 0.717) is 34.3 Å². The van der Waals surface area contributed by atoms with Crippen LogP contribution in [-0.4, -0.2) is 20.5 Å². The van der Waals surface area contributed by atoms with Crippen LogP contribution in [0.5, 0.6) is 0 Å².